The van der Waals surface area contributed by atoms with Crippen LogP contribution in [-0.2, 0) is 6.18 Å². The molecule has 0 aliphatic carbocycles. The van der Waals surface area contributed by atoms with Gasteiger partial charge < -0.3 is 4.90 Å². The highest BCUT2D eigenvalue weighted by atomic mass is 19.4. The van der Waals surface area contributed by atoms with Gasteiger partial charge in [0.1, 0.15) is 0 Å². The molecule has 0 amide bonds. The first-order valence-electron chi connectivity index (χ1n) is 6.37. The lowest BCUT2D eigenvalue weighted by Gasteiger charge is -2.26. The number of nitriles is 1. The van der Waals surface area contributed by atoms with Crippen LogP contribution in [0.4, 0.5) is 13.2 Å². The number of halogens is 3. The summed E-state index contributed by atoms with van der Waals surface area (Å²) in [6.07, 6.45) is -1.69. The largest absolute Gasteiger partial charge is 0.416 e. The monoisotopic (exact) mass is 293 g/mol. The van der Waals surface area contributed by atoms with Crippen LogP contribution in [0.5, 0.6) is 0 Å². The number of hydrogen-bond donors (Lipinski definition) is 0. The summed E-state index contributed by atoms with van der Waals surface area (Å²) in [5.41, 5.74) is 0.311. The summed E-state index contributed by atoms with van der Waals surface area (Å²) in [5, 5.41) is 8.79. The Morgan fingerprint density at radius 3 is 2.76 bits per heavy atom. The molecule has 0 spiro atoms. The zero-order chi connectivity index (χ0) is 15.6. The van der Waals surface area contributed by atoms with Gasteiger partial charge in [-0.1, -0.05) is 6.07 Å². The molecule has 1 aliphatic heterocycles. The van der Waals surface area contributed by atoms with Crippen molar-refractivity contribution in [2.24, 2.45) is 4.99 Å². The number of aliphatic imine (C=N–C) groups is 1. The summed E-state index contributed by atoms with van der Waals surface area (Å²) >= 11 is 0. The fourth-order valence-corrected chi connectivity index (χ4v) is 2.64. The van der Waals surface area contributed by atoms with Crippen molar-refractivity contribution in [3.05, 3.63) is 46.8 Å². The second kappa shape index (κ2) is 5.60. The highest BCUT2D eigenvalue weighted by Crippen LogP contribution is 2.43. The average molecular weight is 293 g/mol. The smallest absolute Gasteiger partial charge is 0.370 e. The molecule has 0 N–H and O–H groups in total. The van der Waals surface area contributed by atoms with Crippen LogP contribution in [0.3, 0.4) is 0 Å². The SMILES string of the molecule is C=N/C=C1/CCC(c2ccc(C#N)cc2C(F)(F)F)N1C. The van der Waals surface area contributed by atoms with Gasteiger partial charge in [0.15, 0.2) is 0 Å². The third kappa shape index (κ3) is 2.92. The Kier molecular flexibility index (Phi) is 4.03. The van der Waals surface area contributed by atoms with Gasteiger partial charge in [0, 0.05) is 18.9 Å². The van der Waals surface area contributed by atoms with E-state index in [1.165, 1.54) is 12.1 Å². The Hall–Kier alpha value is -2.29. The lowest BCUT2D eigenvalue weighted by atomic mass is 9.96. The maximum absolute atomic E-state index is 13.2. The quantitative estimate of drug-likeness (QED) is 0.776. The maximum atomic E-state index is 13.2. The molecule has 1 saturated heterocycles. The first-order chi connectivity index (χ1) is 9.88. The van der Waals surface area contributed by atoms with E-state index in [9.17, 15) is 13.2 Å². The first-order valence-corrected chi connectivity index (χ1v) is 6.37. The van der Waals surface area contributed by atoms with Crippen LogP contribution >= 0.6 is 0 Å². The molecule has 1 aliphatic rings. The normalized spacial score (nSPS) is 20.6. The van der Waals surface area contributed by atoms with E-state index in [1.54, 1.807) is 24.2 Å². The summed E-state index contributed by atoms with van der Waals surface area (Å²) in [5.74, 6) is 0. The molecule has 1 atom stereocenters. The number of allylic oxidation sites excluding steroid dienone is 1. The lowest BCUT2D eigenvalue weighted by Crippen LogP contribution is -2.20. The number of rotatable bonds is 2. The second-order valence-corrected chi connectivity index (χ2v) is 4.88. The van der Waals surface area contributed by atoms with Gasteiger partial charge >= 0.3 is 6.18 Å². The number of hydrogen-bond acceptors (Lipinski definition) is 3. The molecular weight excluding hydrogens is 279 g/mol. The highest BCUT2D eigenvalue weighted by Gasteiger charge is 2.38. The molecule has 1 unspecified atom stereocenters. The van der Waals surface area contributed by atoms with Crippen molar-refractivity contribution in [2.75, 3.05) is 7.05 Å². The molecule has 0 bridgehead atoms. The van der Waals surface area contributed by atoms with E-state index in [2.05, 4.69) is 11.7 Å². The minimum absolute atomic E-state index is 0.00949. The van der Waals surface area contributed by atoms with Crippen LogP contribution in [0.25, 0.3) is 0 Å². The molecule has 0 saturated carbocycles. The highest BCUT2D eigenvalue weighted by molar-refractivity contribution is 5.42. The standard InChI is InChI=1S/C15H14F3N3/c1-20-9-11-4-6-14(21(11)2)12-5-3-10(8-19)7-13(12)15(16,17)18/h3,5,7,9,14H,1,4,6H2,2H3/b11-9-. The van der Waals surface area contributed by atoms with E-state index >= 15 is 0 Å². The molecule has 1 aromatic carbocycles. The summed E-state index contributed by atoms with van der Waals surface area (Å²) in [6.45, 7) is 3.37. The predicted octanol–water partition coefficient (Wildman–Crippen LogP) is 3.89. The molecule has 110 valence electrons. The Balaban J connectivity index is 2.48. The van der Waals surface area contributed by atoms with E-state index in [4.69, 9.17) is 5.26 Å². The fraction of sp³-hybridized carbons (Fsp3) is 0.333. The van der Waals surface area contributed by atoms with Crippen molar-refractivity contribution in [3.8, 4) is 6.07 Å². The van der Waals surface area contributed by atoms with Gasteiger partial charge in [-0.05, 0) is 37.3 Å². The van der Waals surface area contributed by atoms with Crippen LogP contribution < -0.4 is 0 Å². The molecule has 0 aromatic heterocycles. The summed E-state index contributed by atoms with van der Waals surface area (Å²) in [7, 11) is 1.74. The topological polar surface area (TPSA) is 39.4 Å². The summed E-state index contributed by atoms with van der Waals surface area (Å²) in [4.78, 5) is 5.46. The number of nitrogens with zero attached hydrogens (tertiary/aromatic N) is 3. The fourth-order valence-electron chi connectivity index (χ4n) is 2.64. The summed E-state index contributed by atoms with van der Waals surface area (Å²) < 4.78 is 39.7. The zero-order valence-electron chi connectivity index (χ0n) is 11.5. The Labute approximate surface area is 121 Å². The van der Waals surface area contributed by atoms with Crippen molar-refractivity contribution < 1.29 is 13.2 Å². The molecule has 1 aromatic rings. The van der Waals surface area contributed by atoms with Crippen LogP contribution in [0.2, 0.25) is 0 Å². The maximum Gasteiger partial charge on any atom is 0.416 e. The third-order valence-corrected chi connectivity index (χ3v) is 3.68. The average Bonchev–Trinajstić information content (AvgIpc) is 2.79. The molecule has 3 nitrogen and oxygen atoms in total. The number of likely N-dealkylation sites (tertiary alicyclic amines) is 1. The zero-order valence-corrected chi connectivity index (χ0v) is 11.5. The molecule has 2 rings (SSSR count). The lowest BCUT2D eigenvalue weighted by molar-refractivity contribution is -0.138. The minimum Gasteiger partial charge on any atom is -0.370 e. The van der Waals surface area contributed by atoms with Crippen molar-refractivity contribution in [3.63, 3.8) is 0 Å². The van der Waals surface area contributed by atoms with Crippen molar-refractivity contribution in [2.45, 2.75) is 25.1 Å². The first kappa shape index (κ1) is 15.1. The third-order valence-electron chi connectivity index (χ3n) is 3.68. The van der Waals surface area contributed by atoms with Gasteiger partial charge in [-0.15, -0.1) is 0 Å². The molecular formula is C15H14F3N3. The van der Waals surface area contributed by atoms with Gasteiger partial charge in [0.25, 0.3) is 0 Å². The van der Waals surface area contributed by atoms with E-state index in [1.807, 2.05) is 0 Å². The molecule has 0 radical (unpaired) electrons. The molecule has 1 heterocycles. The van der Waals surface area contributed by atoms with Crippen LogP contribution in [0.1, 0.15) is 35.6 Å². The molecule has 1 fully saturated rings. The number of alkyl halides is 3. The van der Waals surface area contributed by atoms with Gasteiger partial charge in [0.2, 0.25) is 0 Å². The summed E-state index contributed by atoms with van der Waals surface area (Å²) in [6, 6.07) is 5.11. The van der Waals surface area contributed by atoms with E-state index < -0.39 is 11.7 Å². The van der Waals surface area contributed by atoms with Gasteiger partial charge in [-0.3, -0.25) is 4.99 Å². The van der Waals surface area contributed by atoms with Gasteiger partial charge in [-0.2, -0.15) is 18.4 Å². The van der Waals surface area contributed by atoms with Crippen LogP contribution in [-0.4, -0.2) is 18.7 Å². The second-order valence-electron chi connectivity index (χ2n) is 4.88. The van der Waals surface area contributed by atoms with Crippen molar-refractivity contribution >= 4 is 6.72 Å². The Morgan fingerprint density at radius 2 is 2.19 bits per heavy atom. The van der Waals surface area contributed by atoms with Crippen molar-refractivity contribution in [1.29, 1.82) is 5.26 Å². The minimum atomic E-state index is -4.48. The van der Waals surface area contributed by atoms with Crippen LogP contribution in [0.15, 0.2) is 35.1 Å². The van der Waals surface area contributed by atoms with Gasteiger partial charge in [0.05, 0.1) is 23.2 Å². The Morgan fingerprint density at radius 1 is 1.48 bits per heavy atom. The van der Waals surface area contributed by atoms with E-state index in [-0.39, 0.29) is 17.2 Å². The Bertz CT molecular complexity index is 626. The molecule has 6 heteroatoms. The predicted molar refractivity (Wildman–Crippen MR) is 73.5 cm³/mol. The molecule has 21 heavy (non-hydrogen) atoms. The van der Waals surface area contributed by atoms with E-state index in [0.29, 0.717) is 12.8 Å². The number of benzene rings is 1. The van der Waals surface area contributed by atoms with E-state index in [0.717, 1.165) is 11.8 Å². The van der Waals surface area contributed by atoms with Crippen LogP contribution in [0, 0.1) is 11.3 Å². The van der Waals surface area contributed by atoms with Gasteiger partial charge in [-0.25, -0.2) is 0 Å². The van der Waals surface area contributed by atoms with Crippen molar-refractivity contribution in [1.82, 2.24) is 4.90 Å².